The zero-order valence-electron chi connectivity index (χ0n) is 10.6. The first-order valence-corrected chi connectivity index (χ1v) is 7.04. The van der Waals surface area contributed by atoms with Gasteiger partial charge < -0.3 is 4.74 Å². The first-order chi connectivity index (χ1) is 9.72. The molecule has 20 heavy (non-hydrogen) atoms. The molecule has 0 atom stereocenters. The highest BCUT2D eigenvalue weighted by Crippen LogP contribution is 2.33. The maximum atomic E-state index is 6.30. The highest BCUT2D eigenvalue weighted by atomic mass is 35.5. The van der Waals surface area contributed by atoms with E-state index >= 15 is 0 Å². The molecule has 0 amide bonds. The summed E-state index contributed by atoms with van der Waals surface area (Å²) in [6.07, 6.45) is 5.33. The Morgan fingerprint density at radius 2 is 2.05 bits per heavy atom. The van der Waals surface area contributed by atoms with Crippen LogP contribution in [0.3, 0.4) is 0 Å². The van der Waals surface area contributed by atoms with Crippen LogP contribution in [0.2, 0.25) is 5.02 Å². The van der Waals surface area contributed by atoms with Crippen molar-refractivity contribution in [3.63, 3.8) is 0 Å². The SMILES string of the molecule is C#Cc1csc(-c2ccc3ccc(OC)c(Cl)c3n2)n1. The lowest BCUT2D eigenvalue weighted by molar-refractivity contribution is 0.415. The summed E-state index contributed by atoms with van der Waals surface area (Å²) in [6.45, 7) is 0. The van der Waals surface area contributed by atoms with Crippen LogP contribution in [-0.4, -0.2) is 17.1 Å². The molecule has 0 bridgehead atoms. The second-order valence-corrected chi connectivity index (χ2v) is 5.27. The highest BCUT2D eigenvalue weighted by Gasteiger charge is 2.11. The van der Waals surface area contributed by atoms with Gasteiger partial charge in [0.25, 0.3) is 0 Å². The maximum Gasteiger partial charge on any atom is 0.143 e. The summed E-state index contributed by atoms with van der Waals surface area (Å²) in [7, 11) is 1.58. The summed E-state index contributed by atoms with van der Waals surface area (Å²) in [5.41, 5.74) is 2.06. The van der Waals surface area contributed by atoms with Crippen LogP contribution in [0.5, 0.6) is 5.75 Å². The average Bonchev–Trinajstić information content (AvgIpc) is 2.96. The van der Waals surface area contributed by atoms with Crippen LogP contribution in [0.1, 0.15) is 5.69 Å². The van der Waals surface area contributed by atoms with E-state index in [-0.39, 0.29) is 0 Å². The van der Waals surface area contributed by atoms with Crippen LogP contribution in [-0.2, 0) is 0 Å². The van der Waals surface area contributed by atoms with E-state index in [1.54, 1.807) is 7.11 Å². The van der Waals surface area contributed by atoms with Crippen molar-refractivity contribution < 1.29 is 4.74 Å². The van der Waals surface area contributed by atoms with Crippen LogP contribution >= 0.6 is 22.9 Å². The van der Waals surface area contributed by atoms with E-state index in [0.29, 0.717) is 22.0 Å². The molecule has 2 heterocycles. The summed E-state index contributed by atoms with van der Waals surface area (Å²) in [4.78, 5) is 8.89. The normalized spacial score (nSPS) is 10.4. The molecule has 0 N–H and O–H groups in total. The van der Waals surface area contributed by atoms with Gasteiger partial charge in [-0.15, -0.1) is 17.8 Å². The maximum absolute atomic E-state index is 6.30. The summed E-state index contributed by atoms with van der Waals surface area (Å²) in [5, 5.41) is 4.06. The molecule has 5 heteroatoms. The van der Waals surface area contributed by atoms with E-state index in [1.165, 1.54) is 11.3 Å². The third-order valence-corrected chi connectivity index (χ3v) is 4.09. The molecular weight excluding hydrogens is 292 g/mol. The van der Waals surface area contributed by atoms with Gasteiger partial charge in [-0.1, -0.05) is 17.7 Å². The topological polar surface area (TPSA) is 35.0 Å². The fourth-order valence-electron chi connectivity index (χ4n) is 1.87. The number of rotatable bonds is 2. The van der Waals surface area contributed by atoms with Crippen molar-refractivity contribution in [3.8, 4) is 28.8 Å². The molecule has 0 aliphatic carbocycles. The number of ether oxygens (including phenoxy) is 1. The molecule has 3 nitrogen and oxygen atoms in total. The number of thiazole rings is 1. The van der Waals surface area contributed by atoms with Crippen LogP contribution in [0.15, 0.2) is 29.6 Å². The molecule has 0 spiro atoms. The first kappa shape index (κ1) is 12.9. The predicted octanol–water partition coefficient (Wildman–Crippen LogP) is 4.00. The molecule has 0 saturated heterocycles. The first-order valence-electron chi connectivity index (χ1n) is 5.78. The Balaban J connectivity index is 2.19. The van der Waals surface area contributed by atoms with Gasteiger partial charge in [-0.05, 0) is 24.1 Å². The van der Waals surface area contributed by atoms with E-state index in [1.807, 2.05) is 29.6 Å². The fourth-order valence-corrected chi connectivity index (χ4v) is 2.89. The highest BCUT2D eigenvalue weighted by molar-refractivity contribution is 7.13. The molecule has 0 aliphatic rings. The van der Waals surface area contributed by atoms with Crippen molar-refractivity contribution in [2.75, 3.05) is 7.11 Å². The van der Waals surface area contributed by atoms with Crippen LogP contribution < -0.4 is 4.74 Å². The van der Waals surface area contributed by atoms with E-state index in [4.69, 9.17) is 22.8 Å². The van der Waals surface area contributed by atoms with Gasteiger partial charge in [-0.3, -0.25) is 0 Å². The Morgan fingerprint density at radius 1 is 1.25 bits per heavy atom. The Bertz CT molecular complexity index is 835. The van der Waals surface area contributed by atoms with E-state index in [9.17, 15) is 0 Å². The number of hydrogen-bond acceptors (Lipinski definition) is 4. The number of benzene rings is 1. The number of methoxy groups -OCH3 is 1. The van der Waals surface area contributed by atoms with Gasteiger partial charge in [-0.2, -0.15) is 0 Å². The van der Waals surface area contributed by atoms with Gasteiger partial charge in [0.05, 0.1) is 18.3 Å². The van der Waals surface area contributed by atoms with E-state index in [0.717, 1.165) is 16.1 Å². The van der Waals surface area contributed by atoms with Crippen molar-refractivity contribution in [3.05, 3.63) is 40.4 Å². The molecule has 98 valence electrons. The third-order valence-electron chi connectivity index (χ3n) is 2.86. The van der Waals surface area contributed by atoms with Gasteiger partial charge in [0.1, 0.15) is 21.5 Å². The lowest BCUT2D eigenvalue weighted by Gasteiger charge is -2.06. The number of halogens is 1. The number of nitrogens with zero attached hydrogens (tertiary/aromatic N) is 2. The smallest absolute Gasteiger partial charge is 0.143 e. The number of pyridine rings is 1. The molecule has 0 aliphatic heterocycles. The lowest BCUT2D eigenvalue weighted by atomic mass is 10.2. The van der Waals surface area contributed by atoms with Gasteiger partial charge in [0, 0.05) is 10.8 Å². The molecule has 3 aromatic rings. The molecule has 3 rings (SSSR count). The average molecular weight is 301 g/mol. The Labute approximate surface area is 125 Å². The molecule has 1 aromatic carbocycles. The Kier molecular flexibility index (Phi) is 3.31. The summed E-state index contributed by atoms with van der Waals surface area (Å²) in [5.74, 6) is 3.11. The van der Waals surface area contributed by atoms with Gasteiger partial charge >= 0.3 is 0 Å². The van der Waals surface area contributed by atoms with Crippen molar-refractivity contribution >= 4 is 33.8 Å². The van der Waals surface area contributed by atoms with Crippen LogP contribution in [0.25, 0.3) is 21.6 Å². The zero-order chi connectivity index (χ0) is 14.1. The summed E-state index contributed by atoms with van der Waals surface area (Å²) < 4.78 is 5.21. The van der Waals surface area contributed by atoms with Crippen molar-refractivity contribution in [2.24, 2.45) is 0 Å². The Hall–Kier alpha value is -2.09. The van der Waals surface area contributed by atoms with Crippen molar-refractivity contribution in [2.45, 2.75) is 0 Å². The minimum Gasteiger partial charge on any atom is -0.495 e. The fraction of sp³-hybridized carbons (Fsp3) is 0.0667. The van der Waals surface area contributed by atoms with Gasteiger partial charge in [-0.25, -0.2) is 9.97 Å². The third kappa shape index (κ3) is 2.11. The quantitative estimate of drug-likeness (QED) is 0.671. The molecule has 0 unspecified atom stereocenters. The number of fused-ring (bicyclic) bond motifs is 1. The minimum absolute atomic E-state index is 0.501. The monoisotopic (exact) mass is 300 g/mol. The predicted molar refractivity (Wildman–Crippen MR) is 82.3 cm³/mol. The zero-order valence-corrected chi connectivity index (χ0v) is 12.1. The standard InChI is InChI=1S/C15H9ClN2OS/c1-3-10-8-20-15(17-10)11-6-4-9-5-7-12(19-2)13(16)14(9)18-11/h1,4-8H,2H3. The van der Waals surface area contributed by atoms with E-state index in [2.05, 4.69) is 15.9 Å². The molecule has 2 aromatic heterocycles. The van der Waals surface area contributed by atoms with Gasteiger partial charge in [0.2, 0.25) is 0 Å². The van der Waals surface area contributed by atoms with Crippen LogP contribution in [0.4, 0.5) is 0 Å². The van der Waals surface area contributed by atoms with Crippen molar-refractivity contribution in [1.29, 1.82) is 0 Å². The molecule has 0 saturated carbocycles. The molecule has 0 fully saturated rings. The number of hydrogen-bond donors (Lipinski definition) is 0. The number of aromatic nitrogens is 2. The Morgan fingerprint density at radius 3 is 2.75 bits per heavy atom. The number of terminal acetylenes is 1. The molecule has 0 radical (unpaired) electrons. The second-order valence-electron chi connectivity index (χ2n) is 4.03. The second kappa shape index (κ2) is 5.12. The molecular formula is C15H9ClN2OS. The lowest BCUT2D eigenvalue weighted by Crippen LogP contribution is -1.89. The van der Waals surface area contributed by atoms with Crippen LogP contribution in [0, 0.1) is 12.3 Å². The van der Waals surface area contributed by atoms with Crippen molar-refractivity contribution in [1.82, 2.24) is 9.97 Å². The summed E-state index contributed by atoms with van der Waals surface area (Å²) >= 11 is 7.76. The minimum atomic E-state index is 0.501. The summed E-state index contributed by atoms with van der Waals surface area (Å²) in [6, 6.07) is 7.61. The van der Waals surface area contributed by atoms with E-state index < -0.39 is 0 Å². The largest absolute Gasteiger partial charge is 0.495 e. The van der Waals surface area contributed by atoms with Gasteiger partial charge in [0.15, 0.2) is 0 Å².